The minimum atomic E-state index is -1.00. The highest BCUT2D eigenvalue weighted by molar-refractivity contribution is 7.21. The lowest BCUT2D eigenvalue weighted by Gasteiger charge is -2.01. The van der Waals surface area contributed by atoms with Gasteiger partial charge in [0.15, 0.2) is 0 Å². The molecule has 0 spiro atoms. The molecule has 0 saturated heterocycles. The first-order chi connectivity index (χ1) is 9.13. The third kappa shape index (κ3) is 2.13. The summed E-state index contributed by atoms with van der Waals surface area (Å²) in [6, 6.07) is 6.54. The van der Waals surface area contributed by atoms with Crippen LogP contribution in [-0.2, 0) is 0 Å². The molecule has 3 N–H and O–H groups in total. The number of anilines is 1. The van der Waals surface area contributed by atoms with E-state index in [0.717, 1.165) is 15.2 Å². The average Bonchev–Trinajstić information content (AvgIpc) is 2.81. The molecule has 0 radical (unpaired) electrons. The van der Waals surface area contributed by atoms with Gasteiger partial charge < -0.3 is 10.8 Å². The Hall–Kier alpha value is -2.47. The van der Waals surface area contributed by atoms with E-state index in [2.05, 4.69) is 9.97 Å². The van der Waals surface area contributed by atoms with E-state index in [4.69, 9.17) is 10.8 Å². The number of nitrogens with zero attached hydrogens (tertiary/aromatic N) is 2. The molecule has 0 bridgehead atoms. The van der Waals surface area contributed by atoms with Crippen molar-refractivity contribution in [2.24, 2.45) is 0 Å². The first-order valence-electron chi connectivity index (χ1n) is 5.48. The second-order valence-electron chi connectivity index (χ2n) is 4.01. The molecule has 94 valence electrons. The monoisotopic (exact) mass is 271 g/mol. The van der Waals surface area contributed by atoms with Crippen LogP contribution in [0, 0.1) is 0 Å². The van der Waals surface area contributed by atoms with Gasteiger partial charge >= 0.3 is 5.97 Å². The predicted molar refractivity (Wildman–Crippen MR) is 74.2 cm³/mol. The zero-order chi connectivity index (χ0) is 13.4. The van der Waals surface area contributed by atoms with Crippen LogP contribution in [-0.4, -0.2) is 21.0 Å². The summed E-state index contributed by atoms with van der Waals surface area (Å²) >= 11 is 1.46. The summed E-state index contributed by atoms with van der Waals surface area (Å²) in [7, 11) is 0. The topological polar surface area (TPSA) is 89.1 Å². The van der Waals surface area contributed by atoms with Gasteiger partial charge in [-0.15, -0.1) is 11.3 Å². The summed E-state index contributed by atoms with van der Waals surface area (Å²) in [5.74, 6) is -1.00. The summed E-state index contributed by atoms with van der Waals surface area (Å²) in [6.45, 7) is 0. The summed E-state index contributed by atoms with van der Waals surface area (Å²) < 4.78 is 0.955. The molecule has 5 nitrogen and oxygen atoms in total. The molecule has 6 heteroatoms. The van der Waals surface area contributed by atoms with Crippen molar-refractivity contribution in [3.8, 4) is 10.6 Å². The lowest BCUT2D eigenvalue weighted by molar-refractivity contribution is 0.0697. The Kier molecular flexibility index (Phi) is 2.64. The molecule has 3 aromatic rings. The molecule has 0 aliphatic rings. The summed E-state index contributed by atoms with van der Waals surface area (Å²) in [6.07, 6.45) is 3.41. The average molecular weight is 271 g/mol. The molecule has 0 aliphatic heterocycles. The predicted octanol–water partition coefficient (Wildman–Crippen LogP) is 2.64. The number of carboxylic acid groups (broad SMARTS) is 1. The van der Waals surface area contributed by atoms with E-state index in [0.29, 0.717) is 11.3 Å². The number of aromatic nitrogens is 2. The maximum Gasteiger partial charge on any atom is 0.335 e. The molecule has 2 heterocycles. The molecule has 2 aromatic heterocycles. The molecule has 0 aliphatic carbocycles. The van der Waals surface area contributed by atoms with Gasteiger partial charge in [-0.25, -0.2) is 9.78 Å². The molecule has 19 heavy (non-hydrogen) atoms. The first-order valence-corrected chi connectivity index (χ1v) is 6.30. The van der Waals surface area contributed by atoms with Gasteiger partial charge in [0.1, 0.15) is 5.01 Å². The van der Waals surface area contributed by atoms with Crippen molar-refractivity contribution < 1.29 is 9.90 Å². The zero-order valence-electron chi connectivity index (χ0n) is 9.70. The SMILES string of the molecule is Nc1cc(C(=O)O)cc(-c2nc3ccncc3s2)c1. The summed E-state index contributed by atoms with van der Waals surface area (Å²) in [4.78, 5) is 19.5. The second kappa shape index (κ2) is 4.33. The van der Waals surface area contributed by atoms with E-state index in [1.54, 1.807) is 24.5 Å². The van der Waals surface area contributed by atoms with Crippen molar-refractivity contribution >= 4 is 33.2 Å². The molecule has 0 atom stereocenters. The van der Waals surface area contributed by atoms with Gasteiger partial charge in [-0.2, -0.15) is 0 Å². The maximum absolute atomic E-state index is 11.0. The Morgan fingerprint density at radius 3 is 2.89 bits per heavy atom. The quantitative estimate of drug-likeness (QED) is 0.699. The van der Waals surface area contributed by atoms with Crippen LogP contribution in [0.4, 0.5) is 5.69 Å². The number of rotatable bonds is 2. The van der Waals surface area contributed by atoms with Crippen molar-refractivity contribution in [2.45, 2.75) is 0 Å². The van der Waals surface area contributed by atoms with Crippen LogP contribution in [0.3, 0.4) is 0 Å². The normalized spacial score (nSPS) is 10.7. The van der Waals surface area contributed by atoms with Crippen molar-refractivity contribution in [2.75, 3.05) is 5.73 Å². The number of nitrogen functional groups attached to an aromatic ring is 1. The molecule has 0 fully saturated rings. The van der Waals surface area contributed by atoms with E-state index < -0.39 is 5.97 Å². The van der Waals surface area contributed by atoms with E-state index >= 15 is 0 Å². The number of carbonyl (C=O) groups is 1. The van der Waals surface area contributed by atoms with E-state index in [-0.39, 0.29) is 5.56 Å². The molecule has 0 unspecified atom stereocenters. The molecule has 3 rings (SSSR count). The van der Waals surface area contributed by atoms with Crippen molar-refractivity contribution in [1.82, 2.24) is 9.97 Å². The highest BCUT2D eigenvalue weighted by Gasteiger charge is 2.11. The maximum atomic E-state index is 11.0. The Morgan fingerprint density at radius 1 is 1.32 bits per heavy atom. The Morgan fingerprint density at radius 2 is 2.16 bits per heavy atom. The summed E-state index contributed by atoms with van der Waals surface area (Å²) in [5.41, 5.74) is 7.85. The van der Waals surface area contributed by atoms with Gasteiger partial charge in [-0.3, -0.25) is 4.98 Å². The van der Waals surface area contributed by atoms with Crippen LogP contribution in [0.1, 0.15) is 10.4 Å². The number of carboxylic acids is 1. The number of aromatic carboxylic acids is 1. The van der Waals surface area contributed by atoms with E-state index in [9.17, 15) is 4.79 Å². The van der Waals surface area contributed by atoms with Crippen molar-refractivity contribution in [3.05, 3.63) is 42.2 Å². The van der Waals surface area contributed by atoms with Crippen LogP contribution in [0.25, 0.3) is 20.8 Å². The fourth-order valence-electron chi connectivity index (χ4n) is 1.80. The van der Waals surface area contributed by atoms with Gasteiger partial charge in [-0.1, -0.05) is 0 Å². The van der Waals surface area contributed by atoms with Gasteiger partial charge in [0.25, 0.3) is 0 Å². The minimum absolute atomic E-state index is 0.160. The smallest absolute Gasteiger partial charge is 0.335 e. The first kappa shape index (κ1) is 11.6. The van der Waals surface area contributed by atoms with Crippen LogP contribution in [0.2, 0.25) is 0 Å². The standard InChI is InChI=1S/C13H9N3O2S/c14-9-4-7(3-8(5-9)13(17)18)12-16-10-1-2-15-6-11(10)19-12/h1-6H,14H2,(H,17,18). The fourth-order valence-corrected chi connectivity index (χ4v) is 2.72. The van der Waals surface area contributed by atoms with Crippen LogP contribution in [0.5, 0.6) is 0 Å². The third-order valence-electron chi connectivity index (χ3n) is 2.64. The number of benzene rings is 1. The second-order valence-corrected chi connectivity index (χ2v) is 5.04. The van der Waals surface area contributed by atoms with E-state index in [1.165, 1.54) is 17.4 Å². The van der Waals surface area contributed by atoms with Gasteiger partial charge in [0, 0.05) is 23.6 Å². The Labute approximate surface area is 112 Å². The van der Waals surface area contributed by atoms with Gasteiger partial charge in [0.2, 0.25) is 0 Å². The highest BCUT2D eigenvalue weighted by Crippen LogP contribution is 2.31. The highest BCUT2D eigenvalue weighted by atomic mass is 32.1. The van der Waals surface area contributed by atoms with Crippen LogP contribution in [0.15, 0.2) is 36.7 Å². The number of thiazole rings is 1. The lowest BCUT2D eigenvalue weighted by Crippen LogP contribution is -1.98. The van der Waals surface area contributed by atoms with E-state index in [1.807, 2.05) is 6.07 Å². The number of hydrogen-bond acceptors (Lipinski definition) is 5. The largest absolute Gasteiger partial charge is 0.478 e. The molecule has 0 saturated carbocycles. The fraction of sp³-hybridized carbons (Fsp3) is 0. The summed E-state index contributed by atoms with van der Waals surface area (Å²) in [5, 5.41) is 9.77. The number of nitrogens with two attached hydrogens (primary N) is 1. The number of hydrogen-bond donors (Lipinski definition) is 2. The molecular formula is C13H9N3O2S. The molecule has 0 amide bonds. The van der Waals surface area contributed by atoms with Crippen LogP contribution < -0.4 is 5.73 Å². The van der Waals surface area contributed by atoms with Crippen molar-refractivity contribution in [1.29, 1.82) is 0 Å². The van der Waals surface area contributed by atoms with Crippen molar-refractivity contribution in [3.63, 3.8) is 0 Å². The lowest BCUT2D eigenvalue weighted by atomic mass is 10.1. The van der Waals surface area contributed by atoms with Gasteiger partial charge in [0.05, 0.1) is 15.8 Å². The number of pyridine rings is 1. The Bertz CT molecular complexity index is 749. The minimum Gasteiger partial charge on any atom is -0.478 e. The number of fused-ring (bicyclic) bond motifs is 1. The van der Waals surface area contributed by atoms with Crippen LogP contribution >= 0.6 is 11.3 Å². The molecule has 1 aromatic carbocycles. The van der Waals surface area contributed by atoms with Gasteiger partial charge in [-0.05, 0) is 24.3 Å². The Balaban J connectivity index is 2.17. The molecular weight excluding hydrogens is 262 g/mol. The zero-order valence-corrected chi connectivity index (χ0v) is 10.5. The third-order valence-corrected chi connectivity index (χ3v) is 3.70.